The second kappa shape index (κ2) is 17.5. The molecule has 0 amide bonds. The zero-order chi connectivity index (χ0) is 32.8. The van der Waals surface area contributed by atoms with Crippen LogP contribution in [0.4, 0.5) is 0 Å². The lowest BCUT2D eigenvalue weighted by Gasteiger charge is -2.33. The standard InChI is InChI=1S/C42H48O5/c43-41(44)18-7-2-1-6-13-34(38-16-10-15-36-29-37(42(45)46)27-28-39(36)38)25-26-35-14-8-9-17-40(35)47-30-33-23-21-32(22-24-33)20-19-31-11-4-3-5-12-31/h3-5,8-9,11-12,14,17,21-24,27-29,34,38H,1-2,6-7,10,13,15-16,18-20,25-26,30H2,(H,43,44)(H,45,46)/t34?,38-/m0/s1. The molecule has 0 spiro atoms. The molecule has 1 unspecified atom stereocenters. The van der Waals surface area contributed by atoms with Crippen LogP contribution in [0.25, 0.3) is 0 Å². The van der Waals surface area contributed by atoms with Crippen molar-refractivity contribution in [3.8, 4) is 5.75 Å². The minimum Gasteiger partial charge on any atom is -0.489 e. The molecule has 1 aliphatic carbocycles. The Morgan fingerprint density at radius 3 is 2.19 bits per heavy atom. The number of aryl methyl sites for hydroxylation is 4. The van der Waals surface area contributed by atoms with Crippen LogP contribution >= 0.6 is 0 Å². The molecule has 0 saturated carbocycles. The van der Waals surface area contributed by atoms with E-state index in [9.17, 15) is 14.7 Å². The maximum Gasteiger partial charge on any atom is 0.335 e. The summed E-state index contributed by atoms with van der Waals surface area (Å²) in [7, 11) is 0. The fourth-order valence-electron chi connectivity index (χ4n) is 7.15. The highest BCUT2D eigenvalue weighted by molar-refractivity contribution is 5.88. The molecule has 1 aliphatic rings. The van der Waals surface area contributed by atoms with Crippen LogP contribution < -0.4 is 4.74 Å². The second-order valence-corrected chi connectivity index (χ2v) is 13.1. The van der Waals surface area contributed by atoms with E-state index in [1.807, 2.05) is 12.1 Å². The Balaban J connectivity index is 1.21. The molecule has 246 valence electrons. The molecule has 2 atom stereocenters. The highest BCUT2D eigenvalue weighted by Gasteiger charge is 2.28. The summed E-state index contributed by atoms with van der Waals surface area (Å²) in [4.78, 5) is 22.6. The minimum atomic E-state index is -0.872. The molecule has 0 fully saturated rings. The lowest BCUT2D eigenvalue weighted by atomic mass is 9.72. The van der Waals surface area contributed by atoms with E-state index < -0.39 is 11.9 Å². The predicted octanol–water partition coefficient (Wildman–Crippen LogP) is 9.84. The van der Waals surface area contributed by atoms with Gasteiger partial charge in [0.05, 0.1) is 5.56 Å². The molecule has 5 nitrogen and oxygen atoms in total. The molecule has 0 aliphatic heterocycles. The van der Waals surface area contributed by atoms with Gasteiger partial charge in [0.1, 0.15) is 12.4 Å². The number of aliphatic carboxylic acids is 1. The van der Waals surface area contributed by atoms with Crippen molar-refractivity contribution in [2.75, 3.05) is 0 Å². The van der Waals surface area contributed by atoms with Crippen molar-refractivity contribution in [1.29, 1.82) is 0 Å². The Kier molecular flexibility index (Phi) is 12.7. The molecule has 4 aromatic rings. The molecule has 47 heavy (non-hydrogen) atoms. The quantitative estimate of drug-likeness (QED) is 0.107. The number of ether oxygens (including phenoxy) is 1. The van der Waals surface area contributed by atoms with Crippen LogP contribution in [0.2, 0.25) is 0 Å². The van der Waals surface area contributed by atoms with Crippen molar-refractivity contribution in [2.24, 2.45) is 5.92 Å². The molecule has 0 saturated heterocycles. The molecular weight excluding hydrogens is 584 g/mol. The third kappa shape index (κ3) is 10.3. The molecule has 0 bridgehead atoms. The molecule has 5 rings (SSSR count). The van der Waals surface area contributed by atoms with Crippen molar-refractivity contribution in [2.45, 2.75) is 96.0 Å². The zero-order valence-corrected chi connectivity index (χ0v) is 27.4. The number of carboxylic acid groups (broad SMARTS) is 2. The van der Waals surface area contributed by atoms with Gasteiger partial charge in [-0.2, -0.15) is 0 Å². The number of carboxylic acids is 2. The summed E-state index contributed by atoms with van der Waals surface area (Å²) in [6, 6.07) is 33.4. The summed E-state index contributed by atoms with van der Waals surface area (Å²) < 4.78 is 6.40. The van der Waals surface area contributed by atoms with Gasteiger partial charge in [-0.1, -0.05) is 98.1 Å². The highest BCUT2D eigenvalue weighted by Crippen LogP contribution is 2.42. The Morgan fingerprint density at radius 2 is 1.43 bits per heavy atom. The number of benzene rings is 4. The average Bonchev–Trinajstić information content (AvgIpc) is 3.10. The lowest BCUT2D eigenvalue weighted by molar-refractivity contribution is -0.137. The Hall–Kier alpha value is -4.38. The van der Waals surface area contributed by atoms with Gasteiger partial charge in [0.2, 0.25) is 0 Å². The molecule has 2 N–H and O–H groups in total. The van der Waals surface area contributed by atoms with Gasteiger partial charge in [-0.05, 0) is 121 Å². The third-order valence-electron chi connectivity index (χ3n) is 9.75. The molecular formula is C42H48O5. The smallest absolute Gasteiger partial charge is 0.335 e. The summed E-state index contributed by atoms with van der Waals surface area (Å²) in [6.45, 7) is 0.525. The van der Waals surface area contributed by atoms with Gasteiger partial charge in [0.25, 0.3) is 0 Å². The van der Waals surface area contributed by atoms with E-state index in [4.69, 9.17) is 9.84 Å². The van der Waals surface area contributed by atoms with Crippen molar-refractivity contribution >= 4 is 11.9 Å². The first kappa shape index (κ1) is 34.0. The number of aromatic carboxylic acids is 1. The van der Waals surface area contributed by atoms with Gasteiger partial charge in [0.15, 0.2) is 0 Å². The number of hydrogen-bond acceptors (Lipinski definition) is 3. The van der Waals surface area contributed by atoms with Gasteiger partial charge < -0.3 is 14.9 Å². The lowest BCUT2D eigenvalue weighted by Crippen LogP contribution is -2.20. The maximum atomic E-state index is 11.6. The van der Waals surface area contributed by atoms with Crippen molar-refractivity contribution < 1.29 is 24.5 Å². The number of unbranched alkanes of at least 4 members (excludes halogenated alkanes) is 3. The fraction of sp³-hybridized carbons (Fsp3) is 0.381. The summed E-state index contributed by atoms with van der Waals surface area (Å²) in [5, 5.41) is 18.6. The maximum absolute atomic E-state index is 11.6. The van der Waals surface area contributed by atoms with Crippen LogP contribution in [0.5, 0.6) is 5.75 Å². The van der Waals surface area contributed by atoms with Crippen molar-refractivity contribution in [3.63, 3.8) is 0 Å². The molecule has 5 heteroatoms. The Bertz CT molecular complexity index is 1580. The van der Waals surface area contributed by atoms with Crippen LogP contribution in [-0.2, 0) is 37.1 Å². The van der Waals surface area contributed by atoms with Crippen molar-refractivity contribution in [1.82, 2.24) is 0 Å². The third-order valence-corrected chi connectivity index (χ3v) is 9.75. The number of rotatable bonds is 18. The van der Waals surface area contributed by atoms with E-state index in [-0.39, 0.29) is 6.42 Å². The molecule has 0 aromatic heterocycles. The first-order valence-corrected chi connectivity index (χ1v) is 17.4. The highest BCUT2D eigenvalue weighted by atomic mass is 16.5. The number of carbonyl (C=O) groups is 2. The van der Waals surface area contributed by atoms with Crippen LogP contribution in [0.1, 0.15) is 107 Å². The minimum absolute atomic E-state index is 0.237. The Labute approximate surface area is 279 Å². The molecule has 0 radical (unpaired) electrons. The van der Waals surface area contributed by atoms with E-state index >= 15 is 0 Å². The second-order valence-electron chi connectivity index (χ2n) is 13.1. The normalized spacial score (nSPS) is 14.7. The summed E-state index contributed by atoms with van der Waals surface area (Å²) in [5.74, 6) is 0.195. The number of hydrogen-bond donors (Lipinski definition) is 2. The first-order chi connectivity index (χ1) is 23.0. The van der Waals surface area contributed by atoms with E-state index in [1.54, 1.807) is 6.07 Å². The summed E-state index contributed by atoms with van der Waals surface area (Å²) >= 11 is 0. The van der Waals surface area contributed by atoms with Crippen molar-refractivity contribution in [3.05, 3.63) is 136 Å². The van der Waals surface area contributed by atoms with E-state index in [2.05, 4.69) is 78.9 Å². The topological polar surface area (TPSA) is 83.8 Å². The van der Waals surface area contributed by atoms with Gasteiger partial charge in [-0.3, -0.25) is 4.79 Å². The van der Waals surface area contributed by atoms with Gasteiger partial charge >= 0.3 is 11.9 Å². The predicted molar refractivity (Wildman–Crippen MR) is 187 cm³/mol. The fourth-order valence-corrected chi connectivity index (χ4v) is 7.15. The summed E-state index contributed by atoms with van der Waals surface area (Å²) in [6.07, 6.45) is 12.2. The molecule has 4 aromatic carbocycles. The van der Waals surface area contributed by atoms with E-state index in [0.717, 1.165) is 88.4 Å². The molecule has 0 heterocycles. The average molecular weight is 633 g/mol. The van der Waals surface area contributed by atoms with Crippen LogP contribution in [0.15, 0.2) is 97.1 Å². The monoisotopic (exact) mass is 632 g/mol. The zero-order valence-electron chi connectivity index (χ0n) is 27.4. The first-order valence-electron chi connectivity index (χ1n) is 17.4. The van der Waals surface area contributed by atoms with Gasteiger partial charge in [-0.15, -0.1) is 0 Å². The SMILES string of the molecule is O=C(O)CCCCCCC(CCc1ccccc1OCc1ccc(CCc2ccccc2)cc1)[C@@H]1CCCc2cc(C(=O)O)ccc21. The van der Waals surface area contributed by atoms with Gasteiger partial charge in [0, 0.05) is 6.42 Å². The van der Waals surface area contributed by atoms with Crippen LogP contribution in [-0.4, -0.2) is 22.2 Å². The Morgan fingerprint density at radius 1 is 0.723 bits per heavy atom. The number of para-hydroxylation sites is 1. The van der Waals surface area contributed by atoms with E-state index in [0.29, 0.717) is 24.0 Å². The van der Waals surface area contributed by atoms with Gasteiger partial charge in [-0.25, -0.2) is 4.79 Å². The van der Waals surface area contributed by atoms with E-state index in [1.165, 1.54) is 27.8 Å². The largest absolute Gasteiger partial charge is 0.489 e. The summed E-state index contributed by atoms with van der Waals surface area (Å²) in [5.41, 5.74) is 7.92. The van der Waals surface area contributed by atoms with Crippen LogP contribution in [0.3, 0.4) is 0 Å². The number of fused-ring (bicyclic) bond motifs is 1. The van der Waals surface area contributed by atoms with Crippen LogP contribution in [0, 0.1) is 5.92 Å².